The number of rotatable bonds is 4. The monoisotopic (exact) mass is 248 g/mol. The van der Waals surface area contributed by atoms with Gasteiger partial charge in [0.05, 0.1) is 25.2 Å². The Balaban J connectivity index is 2.27. The summed E-state index contributed by atoms with van der Waals surface area (Å²) < 4.78 is 7.22. The Labute approximate surface area is 105 Å². The van der Waals surface area contributed by atoms with Crippen molar-refractivity contribution in [2.75, 3.05) is 0 Å². The zero-order valence-corrected chi connectivity index (χ0v) is 10.7. The predicted molar refractivity (Wildman–Crippen MR) is 65.3 cm³/mol. The molecule has 0 aromatic carbocycles. The lowest BCUT2D eigenvalue weighted by molar-refractivity contribution is 0.270. The van der Waals surface area contributed by atoms with Gasteiger partial charge < -0.3 is 9.84 Å². The number of hydrogen-bond donors (Lipinski definition) is 1. The lowest BCUT2D eigenvalue weighted by Gasteiger charge is -2.09. The van der Waals surface area contributed by atoms with Crippen LogP contribution in [0.15, 0.2) is 18.6 Å². The number of ether oxygens (including phenoxy) is 1. The van der Waals surface area contributed by atoms with E-state index in [1.54, 1.807) is 30.3 Å². The second-order valence-electron chi connectivity index (χ2n) is 4.30. The van der Waals surface area contributed by atoms with Crippen LogP contribution in [0.3, 0.4) is 0 Å². The Morgan fingerprint density at radius 1 is 1.39 bits per heavy atom. The molecule has 6 heteroatoms. The van der Waals surface area contributed by atoms with Crippen LogP contribution >= 0.6 is 0 Å². The van der Waals surface area contributed by atoms with Gasteiger partial charge in [0.1, 0.15) is 11.5 Å². The molecule has 0 atom stereocenters. The van der Waals surface area contributed by atoms with Crippen LogP contribution in [0.5, 0.6) is 11.5 Å². The van der Waals surface area contributed by atoms with Gasteiger partial charge in [0, 0.05) is 13.0 Å². The van der Waals surface area contributed by atoms with Crippen molar-refractivity contribution in [3.05, 3.63) is 30.1 Å². The molecule has 0 unspecified atom stereocenters. The Kier molecular flexibility index (Phi) is 3.57. The average molecular weight is 248 g/mol. The molecule has 96 valence electrons. The molecule has 18 heavy (non-hydrogen) atoms. The van der Waals surface area contributed by atoms with Gasteiger partial charge in [0.25, 0.3) is 0 Å². The van der Waals surface area contributed by atoms with E-state index in [0.29, 0.717) is 23.0 Å². The van der Waals surface area contributed by atoms with E-state index >= 15 is 0 Å². The third kappa shape index (κ3) is 2.65. The van der Waals surface area contributed by atoms with Crippen molar-refractivity contribution in [3.63, 3.8) is 0 Å². The van der Waals surface area contributed by atoms with Crippen molar-refractivity contribution >= 4 is 0 Å². The van der Waals surface area contributed by atoms with Crippen molar-refractivity contribution in [3.8, 4) is 11.5 Å². The van der Waals surface area contributed by atoms with Gasteiger partial charge in [0.2, 0.25) is 0 Å². The van der Waals surface area contributed by atoms with E-state index in [1.807, 2.05) is 13.8 Å². The third-order valence-corrected chi connectivity index (χ3v) is 2.42. The van der Waals surface area contributed by atoms with Gasteiger partial charge in [0.15, 0.2) is 11.5 Å². The maximum absolute atomic E-state index is 9.32. The standard InChI is InChI=1S/C12H16N4O2/c1-8(2)12-13-5-11(10(7-17)15-12)18-9-4-14-16(3)6-9/h4-6,8,17H,7H2,1-3H3. The molecular weight excluding hydrogens is 232 g/mol. The number of aliphatic hydroxyl groups is 1. The highest BCUT2D eigenvalue weighted by molar-refractivity contribution is 5.30. The van der Waals surface area contributed by atoms with Crippen LogP contribution in [0.25, 0.3) is 0 Å². The van der Waals surface area contributed by atoms with Crippen molar-refractivity contribution in [2.24, 2.45) is 7.05 Å². The minimum Gasteiger partial charge on any atom is -0.450 e. The summed E-state index contributed by atoms with van der Waals surface area (Å²) >= 11 is 0. The van der Waals surface area contributed by atoms with E-state index in [-0.39, 0.29) is 12.5 Å². The molecular formula is C12H16N4O2. The fraction of sp³-hybridized carbons (Fsp3) is 0.417. The van der Waals surface area contributed by atoms with E-state index < -0.39 is 0 Å². The number of aryl methyl sites for hydroxylation is 1. The second kappa shape index (κ2) is 5.14. The molecule has 0 radical (unpaired) electrons. The van der Waals surface area contributed by atoms with Crippen molar-refractivity contribution in [1.29, 1.82) is 0 Å². The van der Waals surface area contributed by atoms with Crippen LogP contribution in [-0.2, 0) is 13.7 Å². The summed E-state index contributed by atoms with van der Waals surface area (Å²) in [6.07, 6.45) is 4.91. The molecule has 2 aromatic rings. The molecule has 2 aromatic heterocycles. The van der Waals surface area contributed by atoms with Crippen molar-refractivity contribution < 1.29 is 9.84 Å². The SMILES string of the molecule is CC(C)c1ncc(Oc2cnn(C)c2)c(CO)n1. The molecule has 2 heterocycles. The fourth-order valence-corrected chi connectivity index (χ4v) is 1.48. The summed E-state index contributed by atoms with van der Waals surface area (Å²) in [5.74, 6) is 1.95. The lowest BCUT2D eigenvalue weighted by Crippen LogP contribution is -2.03. The lowest BCUT2D eigenvalue weighted by atomic mass is 10.2. The van der Waals surface area contributed by atoms with Gasteiger partial charge in [-0.05, 0) is 0 Å². The molecule has 0 aliphatic rings. The maximum Gasteiger partial charge on any atom is 0.169 e. The van der Waals surface area contributed by atoms with Crippen molar-refractivity contribution in [1.82, 2.24) is 19.7 Å². The van der Waals surface area contributed by atoms with Crippen molar-refractivity contribution in [2.45, 2.75) is 26.4 Å². The topological polar surface area (TPSA) is 73.1 Å². The van der Waals surface area contributed by atoms with E-state index in [0.717, 1.165) is 0 Å². The Morgan fingerprint density at radius 3 is 2.72 bits per heavy atom. The van der Waals surface area contributed by atoms with Crippen LogP contribution in [-0.4, -0.2) is 24.9 Å². The second-order valence-corrected chi connectivity index (χ2v) is 4.30. The first-order valence-corrected chi connectivity index (χ1v) is 5.73. The molecule has 6 nitrogen and oxygen atoms in total. The summed E-state index contributed by atoms with van der Waals surface area (Å²) in [4.78, 5) is 8.50. The number of aromatic nitrogens is 4. The van der Waals surface area contributed by atoms with Crippen LogP contribution in [0, 0.1) is 0 Å². The summed E-state index contributed by atoms with van der Waals surface area (Å²) in [7, 11) is 1.80. The number of aliphatic hydroxyl groups excluding tert-OH is 1. The van der Waals surface area contributed by atoms with Crippen LogP contribution in [0.2, 0.25) is 0 Å². The van der Waals surface area contributed by atoms with Gasteiger partial charge in [-0.2, -0.15) is 5.10 Å². The molecule has 0 aliphatic heterocycles. The first-order valence-electron chi connectivity index (χ1n) is 5.73. The quantitative estimate of drug-likeness (QED) is 0.890. The molecule has 0 bridgehead atoms. The van der Waals surface area contributed by atoms with Gasteiger partial charge in [-0.15, -0.1) is 0 Å². The maximum atomic E-state index is 9.32. The van der Waals surface area contributed by atoms with E-state index in [4.69, 9.17) is 4.74 Å². The highest BCUT2D eigenvalue weighted by atomic mass is 16.5. The number of nitrogens with zero attached hydrogens (tertiary/aromatic N) is 4. The van der Waals surface area contributed by atoms with Gasteiger partial charge in [-0.25, -0.2) is 9.97 Å². The number of hydrogen-bond acceptors (Lipinski definition) is 5. The minimum atomic E-state index is -0.183. The average Bonchev–Trinajstić information content (AvgIpc) is 2.75. The van der Waals surface area contributed by atoms with E-state index in [2.05, 4.69) is 15.1 Å². The Bertz CT molecular complexity index is 537. The fourth-order valence-electron chi connectivity index (χ4n) is 1.48. The smallest absolute Gasteiger partial charge is 0.169 e. The zero-order chi connectivity index (χ0) is 13.1. The third-order valence-electron chi connectivity index (χ3n) is 2.42. The molecule has 1 N–H and O–H groups in total. The molecule has 0 aliphatic carbocycles. The van der Waals surface area contributed by atoms with Crippen LogP contribution in [0.1, 0.15) is 31.3 Å². The first kappa shape index (κ1) is 12.5. The molecule has 0 amide bonds. The largest absolute Gasteiger partial charge is 0.450 e. The van der Waals surface area contributed by atoms with Gasteiger partial charge >= 0.3 is 0 Å². The summed E-state index contributed by atoms with van der Waals surface area (Å²) in [6, 6.07) is 0. The minimum absolute atomic E-state index is 0.183. The van der Waals surface area contributed by atoms with Gasteiger partial charge in [-0.3, -0.25) is 4.68 Å². The van der Waals surface area contributed by atoms with Gasteiger partial charge in [-0.1, -0.05) is 13.8 Å². The van der Waals surface area contributed by atoms with Crippen LogP contribution in [0.4, 0.5) is 0 Å². The highest BCUT2D eigenvalue weighted by Gasteiger charge is 2.11. The summed E-state index contributed by atoms with van der Waals surface area (Å²) in [5, 5.41) is 13.3. The first-order chi connectivity index (χ1) is 8.60. The van der Waals surface area contributed by atoms with Crippen LogP contribution < -0.4 is 4.74 Å². The molecule has 0 fully saturated rings. The summed E-state index contributed by atoms with van der Waals surface area (Å²) in [6.45, 7) is 3.81. The zero-order valence-electron chi connectivity index (χ0n) is 10.7. The Morgan fingerprint density at radius 2 is 2.17 bits per heavy atom. The molecule has 0 saturated carbocycles. The normalized spacial score (nSPS) is 10.9. The highest BCUT2D eigenvalue weighted by Crippen LogP contribution is 2.24. The summed E-state index contributed by atoms with van der Waals surface area (Å²) in [5.41, 5.74) is 0.484. The Hall–Kier alpha value is -1.95. The van der Waals surface area contributed by atoms with E-state index in [9.17, 15) is 5.11 Å². The van der Waals surface area contributed by atoms with E-state index in [1.165, 1.54) is 0 Å². The molecule has 0 spiro atoms. The predicted octanol–water partition coefficient (Wildman–Crippen LogP) is 1.62. The molecule has 0 saturated heterocycles. The molecule has 2 rings (SSSR count).